The number of benzene rings is 2. The zero-order chi connectivity index (χ0) is 23.5. The number of nitrogens with zero attached hydrogens (tertiary/aromatic N) is 4. The Balaban J connectivity index is 1.42. The predicted molar refractivity (Wildman–Crippen MR) is 112 cm³/mol. The number of aromatic nitrogens is 4. The Morgan fingerprint density at radius 3 is 2.58 bits per heavy atom. The summed E-state index contributed by atoms with van der Waals surface area (Å²) in [5.74, 6) is -1.08. The van der Waals surface area contributed by atoms with Gasteiger partial charge < -0.3 is 24.6 Å². The number of nitrogens with one attached hydrogen (secondary N) is 1. The first-order chi connectivity index (χ1) is 15.9. The second-order valence-corrected chi connectivity index (χ2v) is 7.03. The van der Waals surface area contributed by atoms with Crippen LogP contribution in [0.5, 0.6) is 11.5 Å². The van der Waals surface area contributed by atoms with Crippen molar-refractivity contribution in [2.75, 3.05) is 19.5 Å². The van der Waals surface area contributed by atoms with Gasteiger partial charge >= 0.3 is 11.9 Å². The van der Waals surface area contributed by atoms with Crippen molar-refractivity contribution < 1.29 is 33.7 Å². The molecule has 170 valence electrons. The number of hydrogen-bond acceptors (Lipinski definition) is 9. The van der Waals surface area contributed by atoms with Crippen LogP contribution in [0.15, 0.2) is 36.4 Å². The van der Waals surface area contributed by atoms with Gasteiger partial charge in [0.15, 0.2) is 18.0 Å². The van der Waals surface area contributed by atoms with Crippen LogP contribution in [0.25, 0.3) is 11.4 Å². The standard InChI is InChI=1S/C21H19N5O7/c1-31-14-8-7-13-15(33-21(30)18(13)19(14)32-2)9-16(27)22-12-5-3-11(4-6-12)20-23-25-26(24-20)10-17(28)29/h3-8,15H,9-10H2,1-2H3,(H,22,27)(H,28,29). The molecule has 4 rings (SSSR count). The van der Waals surface area contributed by atoms with Gasteiger partial charge in [0, 0.05) is 16.8 Å². The quantitative estimate of drug-likeness (QED) is 0.481. The number of tetrazole rings is 1. The van der Waals surface area contributed by atoms with Gasteiger partial charge in [-0.1, -0.05) is 6.07 Å². The van der Waals surface area contributed by atoms with Gasteiger partial charge in [0.05, 0.1) is 20.6 Å². The summed E-state index contributed by atoms with van der Waals surface area (Å²) in [4.78, 5) is 36.6. The molecule has 0 saturated carbocycles. The van der Waals surface area contributed by atoms with Gasteiger partial charge in [-0.2, -0.15) is 4.80 Å². The topological polar surface area (TPSA) is 155 Å². The van der Waals surface area contributed by atoms with Gasteiger partial charge in [-0.3, -0.25) is 9.59 Å². The fourth-order valence-electron chi connectivity index (χ4n) is 3.45. The molecule has 1 aliphatic rings. The summed E-state index contributed by atoms with van der Waals surface area (Å²) < 4.78 is 15.9. The Hall–Kier alpha value is -4.48. The van der Waals surface area contributed by atoms with Crippen LogP contribution in [0.3, 0.4) is 0 Å². The highest BCUT2D eigenvalue weighted by molar-refractivity contribution is 5.99. The normalized spacial score (nSPS) is 14.4. The molecule has 2 N–H and O–H groups in total. The third kappa shape index (κ3) is 4.44. The van der Waals surface area contributed by atoms with E-state index in [-0.39, 0.29) is 29.5 Å². The largest absolute Gasteiger partial charge is 0.493 e. The maximum absolute atomic E-state index is 12.6. The summed E-state index contributed by atoms with van der Waals surface area (Å²) in [5.41, 5.74) is 1.92. The number of hydrogen-bond donors (Lipinski definition) is 2. The average Bonchev–Trinajstić information content (AvgIpc) is 3.37. The first-order valence-electron chi connectivity index (χ1n) is 9.75. The van der Waals surface area contributed by atoms with Gasteiger partial charge in [-0.25, -0.2) is 4.79 Å². The molecule has 12 nitrogen and oxygen atoms in total. The minimum Gasteiger partial charge on any atom is -0.493 e. The molecule has 0 saturated heterocycles. The molecule has 0 bridgehead atoms. The summed E-state index contributed by atoms with van der Waals surface area (Å²) >= 11 is 0. The SMILES string of the molecule is COc1ccc2c(c1OC)C(=O)OC2CC(=O)Nc1ccc(-c2nnn(CC(=O)O)n2)cc1. The van der Waals surface area contributed by atoms with Gasteiger partial charge in [0.2, 0.25) is 11.7 Å². The fraction of sp³-hybridized carbons (Fsp3) is 0.238. The summed E-state index contributed by atoms with van der Waals surface area (Å²) in [7, 11) is 2.90. The lowest BCUT2D eigenvalue weighted by Crippen LogP contribution is -2.15. The van der Waals surface area contributed by atoms with E-state index >= 15 is 0 Å². The maximum Gasteiger partial charge on any atom is 0.343 e. The van der Waals surface area contributed by atoms with Crippen LogP contribution in [-0.4, -0.2) is 57.4 Å². The molecule has 33 heavy (non-hydrogen) atoms. The highest BCUT2D eigenvalue weighted by atomic mass is 16.6. The summed E-state index contributed by atoms with van der Waals surface area (Å²) in [5, 5.41) is 23.0. The molecule has 2 aromatic carbocycles. The monoisotopic (exact) mass is 453 g/mol. The van der Waals surface area contributed by atoms with Crippen molar-refractivity contribution in [3.05, 3.63) is 47.5 Å². The van der Waals surface area contributed by atoms with Crippen molar-refractivity contribution in [3.63, 3.8) is 0 Å². The van der Waals surface area contributed by atoms with Crippen LogP contribution < -0.4 is 14.8 Å². The van der Waals surface area contributed by atoms with Gasteiger partial charge in [-0.15, -0.1) is 10.2 Å². The Kier molecular flexibility index (Phi) is 5.89. The molecular weight excluding hydrogens is 434 g/mol. The van der Waals surface area contributed by atoms with E-state index in [1.165, 1.54) is 14.2 Å². The molecule has 1 atom stereocenters. The molecule has 1 unspecified atom stereocenters. The van der Waals surface area contributed by atoms with Crippen molar-refractivity contribution in [3.8, 4) is 22.9 Å². The first-order valence-corrected chi connectivity index (χ1v) is 9.75. The fourth-order valence-corrected chi connectivity index (χ4v) is 3.45. The Morgan fingerprint density at radius 2 is 1.91 bits per heavy atom. The second kappa shape index (κ2) is 8.94. The van der Waals surface area contributed by atoms with Crippen LogP contribution in [0.4, 0.5) is 5.69 Å². The van der Waals surface area contributed by atoms with Crippen LogP contribution in [0.1, 0.15) is 28.4 Å². The number of carbonyl (C=O) groups is 3. The lowest BCUT2D eigenvalue weighted by Gasteiger charge is -2.12. The van der Waals surface area contributed by atoms with E-state index in [0.717, 1.165) is 4.80 Å². The van der Waals surface area contributed by atoms with Gasteiger partial charge in [-0.05, 0) is 35.5 Å². The Labute approximate surface area is 187 Å². The van der Waals surface area contributed by atoms with E-state index in [9.17, 15) is 14.4 Å². The summed E-state index contributed by atoms with van der Waals surface area (Å²) in [6.45, 7) is -0.394. The van der Waals surface area contributed by atoms with Crippen LogP contribution in [0, 0.1) is 0 Å². The maximum atomic E-state index is 12.6. The molecule has 0 aliphatic carbocycles. The van der Waals surface area contributed by atoms with Crippen LogP contribution >= 0.6 is 0 Å². The van der Waals surface area contributed by atoms with Gasteiger partial charge in [0.1, 0.15) is 11.7 Å². The molecule has 1 amide bonds. The molecule has 1 aliphatic heterocycles. The van der Waals surface area contributed by atoms with Crippen LogP contribution in [0.2, 0.25) is 0 Å². The minimum absolute atomic E-state index is 0.0823. The Bertz CT molecular complexity index is 1220. The number of cyclic esters (lactones) is 1. The highest BCUT2D eigenvalue weighted by Crippen LogP contribution is 2.43. The van der Waals surface area contributed by atoms with E-state index in [2.05, 4.69) is 20.7 Å². The Morgan fingerprint density at radius 1 is 1.15 bits per heavy atom. The average molecular weight is 453 g/mol. The summed E-state index contributed by atoms with van der Waals surface area (Å²) in [6, 6.07) is 9.96. The number of anilines is 1. The number of carboxylic acid groups (broad SMARTS) is 1. The van der Waals surface area contributed by atoms with Crippen molar-refractivity contribution in [2.45, 2.75) is 19.1 Å². The molecule has 1 aromatic heterocycles. The number of carboxylic acids is 1. The lowest BCUT2D eigenvalue weighted by atomic mass is 10.0. The van der Waals surface area contributed by atoms with Crippen LogP contribution in [-0.2, 0) is 20.9 Å². The number of aliphatic carboxylic acids is 1. The first kappa shape index (κ1) is 21.7. The van der Waals surface area contributed by atoms with E-state index in [1.54, 1.807) is 36.4 Å². The van der Waals surface area contributed by atoms with Crippen molar-refractivity contribution >= 4 is 23.5 Å². The predicted octanol–water partition coefficient (Wildman–Crippen LogP) is 1.68. The molecule has 2 heterocycles. The minimum atomic E-state index is -1.08. The van der Waals surface area contributed by atoms with Gasteiger partial charge in [0.25, 0.3) is 0 Å². The zero-order valence-corrected chi connectivity index (χ0v) is 17.6. The number of fused-ring (bicyclic) bond motifs is 1. The molecule has 0 radical (unpaired) electrons. The number of ether oxygens (including phenoxy) is 3. The molecular formula is C21H19N5O7. The van der Waals surface area contributed by atoms with Crippen molar-refractivity contribution in [2.24, 2.45) is 0 Å². The van der Waals surface area contributed by atoms with Crippen molar-refractivity contribution in [1.29, 1.82) is 0 Å². The number of rotatable bonds is 8. The number of amides is 1. The highest BCUT2D eigenvalue weighted by Gasteiger charge is 2.36. The summed E-state index contributed by atoms with van der Waals surface area (Å²) in [6.07, 6.45) is -0.832. The number of carbonyl (C=O) groups excluding carboxylic acids is 2. The lowest BCUT2D eigenvalue weighted by molar-refractivity contribution is -0.138. The number of esters is 1. The van der Waals surface area contributed by atoms with E-state index in [1.807, 2.05) is 0 Å². The van der Waals surface area contributed by atoms with E-state index < -0.39 is 24.6 Å². The molecule has 3 aromatic rings. The second-order valence-electron chi connectivity index (χ2n) is 7.03. The number of methoxy groups -OCH3 is 2. The third-order valence-corrected chi connectivity index (χ3v) is 4.91. The van der Waals surface area contributed by atoms with Crippen molar-refractivity contribution in [1.82, 2.24) is 20.2 Å². The third-order valence-electron chi connectivity index (χ3n) is 4.91. The van der Waals surface area contributed by atoms with E-state index in [0.29, 0.717) is 22.6 Å². The van der Waals surface area contributed by atoms with E-state index in [4.69, 9.17) is 19.3 Å². The molecule has 0 spiro atoms. The smallest absolute Gasteiger partial charge is 0.343 e. The molecule has 12 heteroatoms. The zero-order valence-electron chi connectivity index (χ0n) is 17.6. The molecule has 0 fully saturated rings.